The summed E-state index contributed by atoms with van der Waals surface area (Å²) in [7, 11) is 1.82. The number of rotatable bonds is 4. The fraction of sp³-hybridized carbons (Fsp3) is 0.0870. The first-order valence-electron chi connectivity index (χ1n) is 9.88. The molecule has 0 spiro atoms. The zero-order valence-electron chi connectivity index (χ0n) is 17.3. The van der Waals surface area contributed by atoms with E-state index in [1.165, 1.54) is 12.1 Å². The van der Waals surface area contributed by atoms with E-state index in [0.29, 0.717) is 28.5 Å². The summed E-state index contributed by atoms with van der Waals surface area (Å²) in [6.07, 6.45) is 3.50. The van der Waals surface area contributed by atoms with Gasteiger partial charge in [-0.25, -0.2) is 18.9 Å². The molecule has 0 aliphatic rings. The van der Waals surface area contributed by atoms with Gasteiger partial charge in [0.2, 0.25) is 0 Å². The molecule has 0 saturated carbocycles. The number of aromatic nitrogens is 6. The second kappa shape index (κ2) is 7.69. The number of hydrogen-bond acceptors (Lipinski definition) is 5. The van der Waals surface area contributed by atoms with Crippen LogP contribution in [0.2, 0.25) is 0 Å². The lowest BCUT2D eigenvalue weighted by atomic mass is 10.1. The fourth-order valence-corrected chi connectivity index (χ4v) is 3.43. The number of amides is 1. The number of imidazole rings is 1. The highest BCUT2D eigenvalue weighted by atomic mass is 19.1. The molecule has 5 rings (SSSR count). The van der Waals surface area contributed by atoms with Gasteiger partial charge in [-0.3, -0.25) is 9.48 Å². The van der Waals surface area contributed by atoms with Crippen molar-refractivity contribution in [2.75, 3.05) is 5.32 Å². The SMILES string of the molecule is Cc1cccc(C(=O)Nc2cn3nc(-c4cn(C)nc4-c4ccc(F)cc4)ccc3n2)n1. The van der Waals surface area contributed by atoms with E-state index in [4.69, 9.17) is 0 Å². The smallest absolute Gasteiger partial charge is 0.275 e. The first-order chi connectivity index (χ1) is 15.5. The molecule has 5 aromatic rings. The lowest BCUT2D eigenvalue weighted by Crippen LogP contribution is -2.14. The lowest BCUT2D eigenvalue weighted by molar-refractivity contribution is 0.102. The molecule has 1 aromatic carbocycles. The first kappa shape index (κ1) is 19.6. The number of halogens is 1. The van der Waals surface area contributed by atoms with Gasteiger partial charge in [-0.15, -0.1) is 0 Å². The molecule has 0 radical (unpaired) electrons. The number of hydrogen-bond donors (Lipinski definition) is 1. The third-order valence-electron chi connectivity index (χ3n) is 4.91. The Balaban J connectivity index is 1.47. The molecule has 4 aromatic heterocycles. The number of carbonyl (C=O) groups excluding carboxylic acids is 1. The topological polar surface area (TPSA) is 90.0 Å². The summed E-state index contributed by atoms with van der Waals surface area (Å²) < 4.78 is 16.6. The molecule has 0 saturated heterocycles. The van der Waals surface area contributed by atoms with Crippen LogP contribution in [0.15, 0.2) is 67.0 Å². The second-order valence-corrected chi connectivity index (χ2v) is 7.34. The molecule has 8 nitrogen and oxygen atoms in total. The van der Waals surface area contributed by atoms with Crippen LogP contribution in [0.25, 0.3) is 28.2 Å². The summed E-state index contributed by atoms with van der Waals surface area (Å²) in [5.74, 6) is -0.282. The first-order valence-corrected chi connectivity index (χ1v) is 9.88. The Hall–Kier alpha value is -4.40. The highest BCUT2D eigenvalue weighted by Crippen LogP contribution is 2.30. The number of fused-ring (bicyclic) bond motifs is 1. The molecule has 1 N–H and O–H groups in total. The third-order valence-corrected chi connectivity index (χ3v) is 4.91. The van der Waals surface area contributed by atoms with E-state index >= 15 is 0 Å². The predicted octanol–water partition coefficient (Wildman–Crippen LogP) is 3.89. The zero-order valence-corrected chi connectivity index (χ0v) is 17.3. The van der Waals surface area contributed by atoms with Crippen molar-refractivity contribution in [1.82, 2.24) is 29.4 Å². The summed E-state index contributed by atoms with van der Waals surface area (Å²) >= 11 is 0. The Morgan fingerprint density at radius 1 is 0.969 bits per heavy atom. The van der Waals surface area contributed by atoms with Crippen LogP contribution in [0.5, 0.6) is 0 Å². The maximum Gasteiger partial charge on any atom is 0.275 e. The van der Waals surface area contributed by atoms with Crippen LogP contribution in [0.3, 0.4) is 0 Å². The molecule has 32 heavy (non-hydrogen) atoms. The monoisotopic (exact) mass is 427 g/mol. The van der Waals surface area contributed by atoms with Gasteiger partial charge in [-0.1, -0.05) is 6.07 Å². The summed E-state index contributed by atoms with van der Waals surface area (Å²) in [5.41, 5.74) is 4.59. The molecule has 158 valence electrons. The second-order valence-electron chi connectivity index (χ2n) is 7.34. The third kappa shape index (κ3) is 3.71. The summed E-state index contributed by atoms with van der Waals surface area (Å²) in [4.78, 5) is 21.1. The van der Waals surface area contributed by atoms with E-state index in [2.05, 4.69) is 25.5 Å². The molecule has 0 bridgehead atoms. The van der Waals surface area contributed by atoms with Gasteiger partial charge in [0.25, 0.3) is 5.91 Å². The quantitative estimate of drug-likeness (QED) is 0.470. The van der Waals surface area contributed by atoms with Crippen LogP contribution in [0.1, 0.15) is 16.2 Å². The molecular formula is C23H18FN7O. The van der Waals surface area contributed by atoms with Crippen LogP contribution < -0.4 is 5.32 Å². The molecule has 0 unspecified atom stereocenters. The van der Waals surface area contributed by atoms with Crippen molar-refractivity contribution in [2.24, 2.45) is 7.05 Å². The largest absolute Gasteiger partial charge is 0.304 e. The van der Waals surface area contributed by atoms with Crippen LogP contribution in [-0.2, 0) is 7.05 Å². The van der Waals surface area contributed by atoms with Gasteiger partial charge in [0.1, 0.15) is 17.2 Å². The molecule has 9 heteroatoms. The minimum Gasteiger partial charge on any atom is -0.304 e. The molecule has 1 amide bonds. The highest BCUT2D eigenvalue weighted by molar-refractivity contribution is 6.02. The van der Waals surface area contributed by atoms with Gasteiger partial charge in [0.15, 0.2) is 11.5 Å². The number of aryl methyl sites for hydroxylation is 2. The van der Waals surface area contributed by atoms with E-state index in [0.717, 1.165) is 16.8 Å². The number of pyridine rings is 1. The Morgan fingerprint density at radius 3 is 2.56 bits per heavy atom. The molecule has 4 heterocycles. The summed E-state index contributed by atoms with van der Waals surface area (Å²) in [5, 5.41) is 11.9. The lowest BCUT2D eigenvalue weighted by Gasteiger charge is -2.03. The minimum absolute atomic E-state index is 0.306. The maximum atomic E-state index is 13.3. The van der Waals surface area contributed by atoms with Gasteiger partial charge < -0.3 is 5.32 Å². The van der Waals surface area contributed by atoms with E-state index in [1.807, 2.05) is 38.4 Å². The predicted molar refractivity (Wildman–Crippen MR) is 118 cm³/mol. The molecule has 0 fully saturated rings. The molecule has 0 aliphatic heterocycles. The van der Waals surface area contributed by atoms with E-state index in [9.17, 15) is 9.18 Å². The standard InChI is InChI=1S/C23H18FN7O/c1-14-4-3-5-19(25-14)23(32)27-20-13-31-21(26-20)11-10-18(28-31)17-12-30(2)29-22(17)15-6-8-16(24)9-7-15/h3-13H,1-2H3,(H,27,32). The van der Waals surface area contributed by atoms with Crippen LogP contribution in [0.4, 0.5) is 10.2 Å². The van der Waals surface area contributed by atoms with Gasteiger partial charge in [-0.2, -0.15) is 10.2 Å². The van der Waals surface area contributed by atoms with Crippen molar-refractivity contribution in [1.29, 1.82) is 0 Å². The Labute approximate surface area is 182 Å². The Kier molecular flexibility index (Phi) is 4.70. The van der Waals surface area contributed by atoms with Gasteiger partial charge in [-0.05, 0) is 55.5 Å². The average molecular weight is 427 g/mol. The van der Waals surface area contributed by atoms with Crippen molar-refractivity contribution in [3.8, 4) is 22.5 Å². The van der Waals surface area contributed by atoms with Crippen molar-refractivity contribution >= 4 is 17.4 Å². The van der Waals surface area contributed by atoms with Crippen molar-refractivity contribution in [3.63, 3.8) is 0 Å². The maximum absolute atomic E-state index is 13.3. The van der Waals surface area contributed by atoms with Crippen molar-refractivity contribution < 1.29 is 9.18 Å². The highest BCUT2D eigenvalue weighted by Gasteiger charge is 2.16. The normalized spacial score (nSPS) is 11.1. The van der Waals surface area contributed by atoms with Gasteiger partial charge in [0, 0.05) is 30.1 Å². The number of benzene rings is 1. The Morgan fingerprint density at radius 2 is 1.78 bits per heavy atom. The number of anilines is 1. The molecule has 0 atom stereocenters. The van der Waals surface area contributed by atoms with Gasteiger partial charge >= 0.3 is 0 Å². The van der Waals surface area contributed by atoms with Crippen LogP contribution in [0, 0.1) is 12.7 Å². The van der Waals surface area contributed by atoms with Crippen LogP contribution >= 0.6 is 0 Å². The van der Waals surface area contributed by atoms with E-state index < -0.39 is 0 Å². The van der Waals surface area contributed by atoms with Gasteiger partial charge in [0.05, 0.1) is 11.9 Å². The molecule has 0 aliphatic carbocycles. The van der Waals surface area contributed by atoms with E-state index in [-0.39, 0.29) is 11.7 Å². The van der Waals surface area contributed by atoms with E-state index in [1.54, 1.807) is 39.7 Å². The fourth-order valence-electron chi connectivity index (χ4n) is 3.43. The van der Waals surface area contributed by atoms with Crippen molar-refractivity contribution in [3.05, 3.63) is 84.2 Å². The summed E-state index contributed by atoms with van der Waals surface area (Å²) in [6, 6.07) is 15.1. The number of nitrogens with one attached hydrogen (secondary N) is 1. The minimum atomic E-state index is -0.344. The number of nitrogens with zero attached hydrogens (tertiary/aromatic N) is 6. The average Bonchev–Trinajstić information content (AvgIpc) is 3.36. The number of carbonyl (C=O) groups is 1. The molecular weight excluding hydrogens is 409 g/mol. The van der Waals surface area contributed by atoms with Crippen LogP contribution in [-0.4, -0.2) is 35.3 Å². The van der Waals surface area contributed by atoms with Crippen molar-refractivity contribution in [2.45, 2.75) is 6.92 Å². The Bertz CT molecular complexity index is 1450. The zero-order chi connectivity index (χ0) is 22.2. The summed E-state index contributed by atoms with van der Waals surface area (Å²) in [6.45, 7) is 1.83.